The Kier molecular flexibility index (Phi) is 3.98. The molecule has 0 aliphatic rings. The molecular formula is C12H11BrN2O4S. The van der Waals surface area contributed by atoms with Gasteiger partial charge in [-0.15, -0.1) is 0 Å². The fraction of sp³-hybridized carbons (Fsp3) is 0.0833. The molecule has 8 heteroatoms. The van der Waals surface area contributed by atoms with E-state index in [4.69, 9.17) is 9.56 Å². The summed E-state index contributed by atoms with van der Waals surface area (Å²) < 4.78 is 28.3. The largest absolute Gasteiger partial charge is 0.444 e. The quantitative estimate of drug-likeness (QED) is 0.877. The maximum atomic E-state index is 11.9. The Hall–Kier alpha value is -1.64. The molecule has 1 aromatic carbocycles. The Morgan fingerprint density at radius 1 is 1.30 bits per heavy atom. The van der Waals surface area contributed by atoms with E-state index in [-0.39, 0.29) is 10.7 Å². The highest BCUT2D eigenvalue weighted by Crippen LogP contribution is 2.20. The summed E-state index contributed by atoms with van der Waals surface area (Å²) in [7, 11) is -3.83. The molecule has 0 saturated heterocycles. The number of nitrogens with one attached hydrogen (secondary N) is 1. The predicted octanol–water partition coefficient (Wildman–Crippen LogP) is 2.25. The van der Waals surface area contributed by atoms with Crippen molar-refractivity contribution in [2.24, 2.45) is 5.14 Å². The second-order valence-electron chi connectivity index (χ2n) is 4.08. The fourth-order valence-corrected chi connectivity index (χ4v) is 2.73. The molecule has 0 fully saturated rings. The van der Waals surface area contributed by atoms with Gasteiger partial charge in [0.05, 0.1) is 4.90 Å². The van der Waals surface area contributed by atoms with Crippen molar-refractivity contribution in [2.75, 3.05) is 5.32 Å². The minimum absolute atomic E-state index is 0.0316. The Bertz CT molecular complexity index is 768. The van der Waals surface area contributed by atoms with Crippen molar-refractivity contribution >= 4 is 37.5 Å². The van der Waals surface area contributed by atoms with E-state index in [9.17, 15) is 13.2 Å². The van der Waals surface area contributed by atoms with Crippen LogP contribution in [0.4, 0.5) is 5.69 Å². The van der Waals surface area contributed by atoms with Crippen LogP contribution >= 0.6 is 15.9 Å². The molecule has 2 aromatic rings. The van der Waals surface area contributed by atoms with Gasteiger partial charge in [-0.2, -0.15) is 0 Å². The van der Waals surface area contributed by atoms with Crippen LogP contribution in [0.2, 0.25) is 0 Å². The van der Waals surface area contributed by atoms with Crippen LogP contribution in [-0.4, -0.2) is 14.3 Å². The van der Waals surface area contributed by atoms with E-state index in [1.165, 1.54) is 12.1 Å². The van der Waals surface area contributed by atoms with Crippen molar-refractivity contribution in [3.8, 4) is 0 Å². The molecule has 0 bridgehead atoms. The van der Waals surface area contributed by atoms with Crippen LogP contribution < -0.4 is 10.5 Å². The Morgan fingerprint density at radius 3 is 2.55 bits per heavy atom. The van der Waals surface area contributed by atoms with Crippen LogP contribution in [0.3, 0.4) is 0 Å². The maximum absolute atomic E-state index is 11.9. The highest BCUT2D eigenvalue weighted by molar-refractivity contribution is 9.10. The highest BCUT2D eigenvalue weighted by Gasteiger charge is 2.15. The molecule has 1 amide bonds. The minimum Gasteiger partial charge on any atom is -0.444 e. The second-order valence-corrected chi connectivity index (χ2v) is 6.39. The van der Waals surface area contributed by atoms with Crippen molar-refractivity contribution in [2.45, 2.75) is 11.8 Å². The molecule has 0 aliphatic heterocycles. The third kappa shape index (κ3) is 3.27. The van der Waals surface area contributed by atoms with Gasteiger partial charge in [0.1, 0.15) is 0 Å². The standard InChI is InChI=1S/C12H11BrN2O4S/c1-7-2-3-8(6-10(7)20(14,17)18)15-12(16)9-4-5-11(13)19-9/h2-6H,1H3,(H,15,16)(H2,14,17,18). The van der Waals surface area contributed by atoms with Gasteiger partial charge in [0, 0.05) is 5.69 Å². The first-order valence-corrected chi connectivity index (χ1v) is 7.81. The Morgan fingerprint density at radius 2 is 2.00 bits per heavy atom. The lowest BCUT2D eigenvalue weighted by Gasteiger charge is -2.07. The molecule has 1 heterocycles. The van der Waals surface area contributed by atoms with Gasteiger partial charge in [0.15, 0.2) is 10.4 Å². The fourth-order valence-electron chi connectivity index (χ4n) is 1.61. The minimum atomic E-state index is -3.83. The molecular weight excluding hydrogens is 348 g/mol. The van der Waals surface area contributed by atoms with Crippen LogP contribution in [0.5, 0.6) is 0 Å². The normalized spacial score (nSPS) is 11.3. The smallest absolute Gasteiger partial charge is 0.291 e. The average Bonchev–Trinajstić information content (AvgIpc) is 2.77. The number of anilines is 1. The van der Waals surface area contributed by atoms with Crippen LogP contribution in [0.1, 0.15) is 16.1 Å². The number of hydrogen-bond acceptors (Lipinski definition) is 4. The molecule has 0 saturated carbocycles. The maximum Gasteiger partial charge on any atom is 0.291 e. The van der Waals surface area contributed by atoms with Crippen LogP contribution in [-0.2, 0) is 10.0 Å². The highest BCUT2D eigenvalue weighted by atomic mass is 79.9. The number of rotatable bonds is 3. The zero-order chi connectivity index (χ0) is 14.9. The van der Waals surface area contributed by atoms with E-state index in [1.54, 1.807) is 25.1 Å². The number of hydrogen-bond donors (Lipinski definition) is 2. The summed E-state index contributed by atoms with van der Waals surface area (Å²) in [5.41, 5.74) is 0.823. The van der Waals surface area contributed by atoms with Gasteiger partial charge in [-0.1, -0.05) is 6.07 Å². The molecule has 6 nitrogen and oxygen atoms in total. The topological polar surface area (TPSA) is 102 Å². The van der Waals surface area contributed by atoms with Crippen LogP contribution in [0.15, 0.2) is 44.3 Å². The summed E-state index contributed by atoms with van der Waals surface area (Å²) >= 11 is 3.09. The van der Waals surface area contributed by atoms with E-state index in [0.717, 1.165) is 0 Å². The lowest BCUT2D eigenvalue weighted by Crippen LogP contribution is -2.15. The average molecular weight is 359 g/mol. The SMILES string of the molecule is Cc1ccc(NC(=O)c2ccc(Br)o2)cc1S(N)(=O)=O. The molecule has 20 heavy (non-hydrogen) atoms. The van der Waals surface area contributed by atoms with Crippen molar-refractivity contribution in [3.05, 3.63) is 46.3 Å². The van der Waals surface area contributed by atoms with Gasteiger partial charge >= 0.3 is 0 Å². The molecule has 2 rings (SSSR count). The third-order valence-electron chi connectivity index (χ3n) is 2.55. The number of benzene rings is 1. The van der Waals surface area contributed by atoms with E-state index < -0.39 is 15.9 Å². The monoisotopic (exact) mass is 358 g/mol. The number of carbonyl (C=O) groups excluding carboxylic acids is 1. The van der Waals surface area contributed by atoms with Gasteiger partial charge in [-0.3, -0.25) is 4.79 Å². The number of carbonyl (C=O) groups is 1. The first-order valence-electron chi connectivity index (χ1n) is 5.47. The molecule has 3 N–H and O–H groups in total. The number of sulfonamides is 1. The molecule has 0 spiro atoms. The zero-order valence-electron chi connectivity index (χ0n) is 10.4. The third-order valence-corrected chi connectivity index (χ3v) is 4.03. The number of furan rings is 1. The number of amides is 1. The number of aryl methyl sites for hydroxylation is 1. The summed E-state index contributed by atoms with van der Waals surface area (Å²) in [6.45, 7) is 1.62. The lowest BCUT2D eigenvalue weighted by atomic mass is 10.2. The number of primary sulfonamides is 1. The predicted molar refractivity (Wildman–Crippen MR) is 76.9 cm³/mol. The van der Waals surface area contributed by atoms with E-state index in [0.29, 0.717) is 15.9 Å². The summed E-state index contributed by atoms with van der Waals surface area (Å²) in [4.78, 5) is 11.8. The zero-order valence-corrected chi connectivity index (χ0v) is 12.8. The van der Waals surface area contributed by atoms with Gasteiger partial charge in [-0.25, -0.2) is 13.6 Å². The summed E-state index contributed by atoms with van der Waals surface area (Å²) in [5.74, 6) is -0.380. The van der Waals surface area contributed by atoms with Crippen LogP contribution in [0, 0.1) is 6.92 Å². The molecule has 106 valence electrons. The molecule has 1 aromatic heterocycles. The Labute approximate surface area is 124 Å². The van der Waals surface area contributed by atoms with Crippen molar-refractivity contribution < 1.29 is 17.6 Å². The van der Waals surface area contributed by atoms with Crippen LogP contribution in [0.25, 0.3) is 0 Å². The number of nitrogens with two attached hydrogens (primary N) is 1. The molecule has 0 radical (unpaired) electrons. The lowest BCUT2D eigenvalue weighted by molar-refractivity contribution is 0.0995. The summed E-state index contributed by atoms with van der Waals surface area (Å²) in [6, 6.07) is 7.53. The van der Waals surface area contributed by atoms with Gasteiger partial charge in [0.2, 0.25) is 10.0 Å². The molecule has 0 unspecified atom stereocenters. The van der Waals surface area contributed by atoms with Gasteiger partial charge in [-0.05, 0) is 52.7 Å². The van der Waals surface area contributed by atoms with Crippen molar-refractivity contribution in [1.29, 1.82) is 0 Å². The van der Waals surface area contributed by atoms with Gasteiger partial charge in [0.25, 0.3) is 5.91 Å². The van der Waals surface area contributed by atoms with E-state index in [1.807, 2.05) is 0 Å². The summed E-state index contributed by atoms with van der Waals surface area (Å²) in [6.07, 6.45) is 0. The Balaban J connectivity index is 2.29. The van der Waals surface area contributed by atoms with E-state index in [2.05, 4.69) is 21.2 Å². The number of halogens is 1. The summed E-state index contributed by atoms with van der Waals surface area (Å²) in [5, 5.41) is 7.64. The first kappa shape index (κ1) is 14.8. The molecule has 0 aliphatic carbocycles. The van der Waals surface area contributed by atoms with Crippen molar-refractivity contribution in [1.82, 2.24) is 0 Å². The van der Waals surface area contributed by atoms with E-state index >= 15 is 0 Å². The first-order chi connectivity index (χ1) is 9.27. The van der Waals surface area contributed by atoms with Gasteiger partial charge < -0.3 is 9.73 Å². The van der Waals surface area contributed by atoms with Crippen molar-refractivity contribution in [3.63, 3.8) is 0 Å². The molecule has 0 atom stereocenters. The second kappa shape index (κ2) is 5.39.